The number of amides is 1. The molecule has 1 aromatic heterocycles. The van der Waals surface area contributed by atoms with E-state index in [1.165, 1.54) is 16.0 Å². The normalized spacial score (nSPS) is 16.7. The maximum absolute atomic E-state index is 12.5. The quantitative estimate of drug-likeness (QED) is 0.739. The van der Waals surface area contributed by atoms with Gasteiger partial charge in [0, 0.05) is 49.7 Å². The minimum Gasteiger partial charge on any atom is -0.496 e. The summed E-state index contributed by atoms with van der Waals surface area (Å²) in [6.07, 6.45) is 0.905. The maximum atomic E-state index is 12.5. The Bertz CT molecular complexity index is 755. The summed E-state index contributed by atoms with van der Waals surface area (Å²) in [5.74, 6) is 1.08. The van der Waals surface area contributed by atoms with Gasteiger partial charge in [-0.2, -0.15) is 0 Å². The Morgan fingerprint density at radius 2 is 2.04 bits per heavy atom. The molecular weight excluding hydrogens is 370 g/mol. The molecule has 0 aliphatic carbocycles. The molecule has 5 nitrogen and oxygen atoms in total. The SMILES string of the molecule is COc1ccc(C)cc1CN1CCN([C@@H](C)C(=O)NCCc2cccs2)CC1. The molecule has 0 spiro atoms. The Labute approximate surface area is 172 Å². The van der Waals surface area contributed by atoms with Gasteiger partial charge in [-0.3, -0.25) is 14.6 Å². The van der Waals surface area contributed by atoms with Crippen LogP contribution in [-0.4, -0.2) is 61.6 Å². The number of rotatable bonds is 8. The fraction of sp³-hybridized carbons (Fsp3) is 0.500. The zero-order valence-corrected chi connectivity index (χ0v) is 17.9. The summed E-state index contributed by atoms with van der Waals surface area (Å²) < 4.78 is 5.51. The number of hydrogen-bond donors (Lipinski definition) is 1. The number of carbonyl (C=O) groups excluding carboxylic acids is 1. The first kappa shape index (κ1) is 20.8. The molecular formula is C22H31N3O2S. The predicted molar refractivity (Wildman–Crippen MR) is 115 cm³/mol. The first-order valence-electron chi connectivity index (χ1n) is 9.97. The molecule has 0 bridgehead atoms. The van der Waals surface area contributed by atoms with Gasteiger partial charge in [0.25, 0.3) is 0 Å². The van der Waals surface area contributed by atoms with Gasteiger partial charge in [0.2, 0.25) is 5.91 Å². The van der Waals surface area contributed by atoms with Crippen LogP contribution in [0.4, 0.5) is 0 Å². The van der Waals surface area contributed by atoms with Crippen LogP contribution < -0.4 is 10.1 Å². The second-order valence-electron chi connectivity index (χ2n) is 7.42. The monoisotopic (exact) mass is 401 g/mol. The molecule has 2 aromatic rings. The van der Waals surface area contributed by atoms with E-state index in [9.17, 15) is 4.79 Å². The van der Waals surface area contributed by atoms with E-state index >= 15 is 0 Å². The molecule has 1 saturated heterocycles. The van der Waals surface area contributed by atoms with Crippen molar-refractivity contribution in [2.75, 3.05) is 39.8 Å². The lowest BCUT2D eigenvalue weighted by molar-refractivity contribution is -0.126. The van der Waals surface area contributed by atoms with Crippen molar-refractivity contribution >= 4 is 17.2 Å². The van der Waals surface area contributed by atoms with Crippen molar-refractivity contribution < 1.29 is 9.53 Å². The first-order chi connectivity index (χ1) is 13.6. The van der Waals surface area contributed by atoms with E-state index in [-0.39, 0.29) is 11.9 Å². The van der Waals surface area contributed by atoms with E-state index in [2.05, 4.69) is 51.7 Å². The van der Waals surface area contributed by atoms with Crippen molar-refractivity contribution in [1.82, 2.24) is 15.1 Å². The number of piperazine rings is 1. The molecule has 1 N–H and O–H groups in total. The van der Waals surface area contributed by atoms with Crippen LogP contribution in [0, 0.1) is 6.92 Å². The first-order valence-corrected chi connectivity index (χ1v) is 10.8. The zero-order chi connectivity index (χ0) is 19.9. The molecule has 1 aromatic carbocycles. The van der Waals surface area contributed by atoms with Crippen molar-refractivity contribution in [3.8, 4) is 5.75 Å². The van der Waals surface area contributed by atoms with E-state index in [1.54, 1.807) is 18.4 Å². The van der Waals surface area contributed by atoms with Gasteiger partial charge in [0.1, 0.15) is 5.75 Å². The van der Waals surface area contributed by atoms with Gasteiger partial charge in [-0.15, -0.1) is 11.3 Å². The molecule has 3 rings (SSSR count). The highest BCUT2D eigenvalue weighted by molar-refractivity contribution is 7.09. The summed E-state index contributed by atoms with van der Waals surface area (Å²) in [7, 11) is 1.73. The summed E-state index contributed by atoms with van der Waals surface area (Å²) in [6, 6.07) is 10.4. The molecule has 1 aliphatic rings. The number of hydrogen-bond acceptors (Lipinski definition) is 5. The molecule has 28 heavy (non-hydrogen) atoms. The number of aryl methyl sites for hydroxylation is 1. The molecule has 1 aliphatic heterocycles. The fourth-order valence-corrected chi connectivity index (χ4v) is 4.37. The number of ether oxygens (including phenoxy) is 1. The second kappa shape index (κ2) is 10.0. The smallest absolute Gasteiger partial charge is 0.237 e. The molecule has 6 heteroatoms. The van der Waals surface area contributed by atoms with Gasteiger partial charge in [-0.05, 0) is 37.8 Å². The van der Waals surface area contributed by atoms with Crippen molar-refractivity contribution in [3.63, 3.8) is 0 Å². The number of carbonyl (C=O) groups is 1. The average molecular weight is 402 g/mol. The summed E-state index contributed by atoms with van der Waals surface area (Å²) in [5.41, 5.74) is 2.48. The average Bonchev–Trinajstić information content (AvgIpc) is 3.21. The van der Waals surface area contributed by atoms with Gasteiger partial charge >= 0.3 is 0 Å². The number of nitrogens with one attached hydrogen (secondary N) is 1. The van der Waals surface area contributed by atoms with Gasteiger partial charge in [-0.25, -0.2) is 0 Å². The Hall–Kier alpha value is -1.89. The van der Waals surface area contributed by atoms with Crippen molar-refractivity contribution in [2.24, 2.45) is 0 Å². The lowest BCUT2D eigenvalue weighted by Gasteiger charge is -2.37. The van der Waals surface area contributed by atoms with Crippen LogP contribution in [0.1, 0.15) is 22.9 Å². The van der Waals surface area contributed by atoms with Gasteiger partial charge in [0.05, 0.1) is 13.2 Å². The van der Waals surface area contributed by atoms with Crippen molar-refractivity contribution in [1.29, 1.82) is 0 Å². The predicted octanol–water partition coefficient (Wildman–Crippen LogP) is 2.93. The van der Waals surface area contributed by atoms with Gasteiger partial charge in [0.15, 0.2) is 0 Å². The standard InChI is InChI=1S/C22H31N3O2S/c1-17-6-7-21(27-3)19(15-17)16-24-10-12-25(13-11-24)18(2)22(26)23-9-8-20-5-4-14-28-20/h4-7,14-15,18H,8-13,16H2,1-3H3,(H,23,26)/t18-/m0/s1. The zero-order valence-electron chi connectivity index (χ0n) is 17.1. The Balaban J connectivity index is 1.44. The molecule has 0 unspecified atom stereocenters. The van der Waals surface area contributed by atoms with E-state index in [0.717, 1.165) is 44.9 Å². The van der Waals surface area contributed by atoms with E-state index in [4.69, 9.17) is 4.74 Å². The number of methoxy groups -OCH3 is 1. The highest BCUT2D eigenvalue weighted by atomic mass is 32.1. The third kappa shape index (κ3) is 5.56. The molecule has 1 amide bonds. The molecule has 152 valence electrons. The van der Waals surface area contributed by atoms with Gasteiger partial charge < -0.3 is 10.1 Å². The summed E-state index contributed by atoms with van der Waals surface area (Å²) >= 11 is 1.74. The van der Waals surface area contributed by atoms with Crippen LogP contribution >= 0.6 is 11.3 Å². The fourth-order valence-electron chi connectivity index (χ4n) is 3.66. The van der Waals surface area contributed by atoms with Crippen molar-refractivity contribution in [3.05, 3.63) is 51.7 Å². The highest BCUT2D eigenvalue weighted by Gasteiger charge is 2.25. The third-order valence-corrected chi connectivity index (χ3v) is 6.35. The second-order valence-corrected chi connectivity index (χ2v) is 8.46. The molecule has 0 saturated carbocycles. The minimum absolute atomic E-state index is 0.0843. The summed E-state index contributed by atoms with van der Waals surface area (Å²) in [6.45, 7) is 9.46. The summed E-state index contributed by atoms with van der Waals surface area (Å²) in [5, 5.41) is 5.16. The molecule has 1 fully saturated rings. The Morgan fingerprint density at radius 3 is 2.71 bits per heavy atom. The van der Waals surface area contributed by atoms with E-state index < -0.39 is 0 Å². The third-order valence-electron chi connectivity index (χ3n) is 5.41. The lowest BCUT2D eigenvalue weighted by Crippen LogP contribution is -2.53. The van der Waals surface area contributed by atoms with Crippen molar-refractivity contribution in [2.45, 2.75) is 32.9 Å². The van der Waals surface area contributed by atoms with Crippen LogP contribution in [0.5, 0.6) is 5.75 Å². The molecule has 0 radical (unpaired) electrons. The Kier molecular flexibility index (Phi) is 7.48. The van der Waals surface area contributed by atoms with Crippen LogP contribution in [0.25, 0.3) is 0 Å². The molecule has 2 heterocycles. The maximum Gasteiger partial charge on any atom is 0.237 e. The summed E-state index contributed by atoms with van der Waals surface area (Å²) in [4.78, 5) is 18.5. The highest BCUT2D eigenvalue weighted by Crippen LogP contribution is 2.22. The number of nitrogens with zero attached hydrogens (tertiary/aromatic N) is 2. The van der Waals surface area contributed by atoms with Crippen LogP contribution in [0.3, 0.4) is 0 Å². The topological polar surface area (TPSA) is 44.8 Å². The van der Waals surface area contributed by atoms with Crippen LogP contribution in [-0.2, 0) is 17.8 Å². The Morgan fingerprint density at radius 1 is 1.25 bits per heavy atom. The van der Waals surface area contributed by atoms with Gasteiger partial charge in [-0.1, -0.05) is 23.8 Å². The largest absolute Gasteiger partial charge is 0.496 e. The van der Waals surface area contributed by atoms with E-state index in [1.807, 2.05) is 13.0 Å². The number of benzene rings is 1. The lowest BCUT2D eigenvalue weighted by atomic mass is 10.1. The molecule has 1 atom stereocenters. The minimum atomic E-state index is -0.0843. The van der Waals surface area contributed by atoms with Crippen LogP contribution in [0.15, 0.2) is 35.7 Å². The van der Waals surface area contributed by atoms with Crippen LogP contribution in [0.2, 0.25) is 0 Å². The van der Waals surface area contributed by atoms with E-state index in [0.29, 0.717) is 6.54 Å². The number of thiophene rings is 1.